The van der Waals surface area contributed by atoms with Crippen molar-refractivity contribution in [2.75, 3.05) is 24.2 Å². The zero-order valence-electron chi connectivity index (χ0n) is 15.1. The van der Waals surface area contributed by atoms with Crippen LogP contribution in [0.3, 0.4) is 0 Å². The Balaban J connectivity index is 1.43. The molecule has 1 fully saturated rings. The van der Waals surface area contributed by atoms with Gasteiger partial charge in [0.2, 0.25) is 5.95 Å². The zero-order valence-corrected chi connectivity index (χ0v) is 16.7. The first-order valence-corrected chi connectivity index (χ1v) is 10.3. The lowest BCUT2D eigenvalue weighted by Crippen LogP contribution is -2.38. The van der Waals surface area contributed by atoms with Gasteiger partial charge in [0.15, 0.2) is 10.9 Å². The molecule has 0 radical (unpaired) electrons. The van der Waals surface area contributed by atoms with Crippen molar-refractivity contribution in [2.45, 2.75) is 17.6 Å². The third kappa shape index (κ3) is 3.95. The standard InChI is InChI=1S/C18H18ClN7OS/c1-28-18-22-9-12(19)15(25-18)16(27)23-11-5-8-26(10-11)17-21-7-4-14(24-17)13-3-2-6-20-13/h2-4,6-7,9,11,20H,5,8,10H2,1H3,(H,23,27). The third-order valence-corrected chi connectivity index (χ3v) is 5.28. The Morgan fingerprint density at radius 1 is 1.36 bits per heavy atom. The molecule has 10 heteroatoms. The number of halogens is 1. The van der Waals surface area contributed by atoms with Crippen molar-refractivity contribution in [3.8, 4) is 11.4 Å². The minimum absolute atomic E-state index is 0.0333. The number of hydrogen-bond acceptors (Lipinski definition) is 7. The summed E-state index contributed by atoms with van der Waals surface area (Å²) in [4.78, 5) is 35.1. The average molecular weight is 416 g/mol. The summed E-state index contributed by atoms with van der Waals surface area (Å²) in [6.45, 7) is 1.38. The van der Waals surface area contributed by atoms with Crippen LogP contribution < -0.4 is 10.2 Å². The molecule has 0 aliphatic carbocycles. The van der Waals surface area contributed by atoms with Crippen molar-refractivity contribution in [3.05, 3.63) is 47.5 Å². The van der Waals surface area contributed by atoms with Gasteiger partial charge in [-0.1, -0.05) is 23.4 Å². The van der Waals surface area contributed by atoms with E-state index >= 15 is 0 Å². The highest BCUT2D eigenvalue weighted by Crippen LogP contribution is 2.21. The Labute approximate surface area is 171 Å². The molecule has 4 heterocycles. The Kier molecular flexibility index (Phi) is 5.45. The fourth-order valence-corrected chi connectivity index (χ4v) is 3.58. The van der Waals surface area contributed by atoms with E-state index in [1.807, 2.05) is 30.7 Å². The number of aromatic amines is 1. The number of nitrogens with zero attached hydrogens (tertiary/aromatic N) is 5. The van der Waals surface area contributed by atoms with Gasteiger partial charge in [0.1, 0.15) is 0 Å². The van der Waals surface area contributed by atoms with E-state index in [0.717, 1.165) is 24.4 Å². The van der Waals surface area contributed by atoms with Crippen molar-refractivity contribution in [2.24, 2.45) is 0 Å². The van der Waals surface area contributed by atoms with Crippen LogP contribution in [0, 0.1) is 0 Å². The number of amides is 1. The Morgan fingerprint density at radius 2 is 2.25 bits per heavy atom. The van der Waals surface area contributed by atoms with E-state index < -0.39 is 0 Å². The summed E-state index contributed by atoms with van der Waals surface area (Å²) in [5, 5.41) is 3.76. The molecule has 0 saturated carbocycles. The summed E-state index contributed by atoms with van der Waals surface area (Å²) in [5.74, 6) is 0.351. The molecule has 1 aliphatic rings. The first-order chi connectivity index (χ1) is 13.6. The molecule has 1 unspecified atom stereocenters. The molecule has 0 spiro atoms. The van der Waals surface area contributed by atoms with Crippen molar-refractivity contribution in [1.29, 1.82) is 0 Å². The first-order valence-electron chi connectivity index (χ1n) is 8.73. The smallest absolute Gasteiger partial charge is 0.271 e. The molecule has 0 bridgehead atoms. The molecule has 144 valence electrons. The summed E-state index contributed by atoms with van der Waals surface area (Å²) in [5.41, 5.74) is 1.97. The van der Waals surface area contributed by atoms with Crippen molar-refractivity contribution >= 4 is 35.2 Å². The van der Waals surface area contributed by atoms with E-state index in [0.29, 0.717) is 17.6 Å². The van der Waals surface area contributed by atoms with Crippen LogP contribution in [0.1, 0.15) is 16.9 Å². The second kappa shape index (κ2) is 8.15. The maximum Gasteiger partial charge on any atom is 0.271 e. The number of hydrogen-bond donors (Lipinski definition) is 2. The van der Waals surface area contributed by atoms with Crippen molar-refractivity contribution in [1.82, 2.24) is 30.2 Å². The van der Waals surface area contributed by atoms with Gasteiger partial charge in [0.25, 0.3) is 5.91 Å². The van der Waals surface area contributed by atoms with E-state index in [4.69, 9.17) is 11.6 Å². The highest BCUT2D eigenvalue weighted by atomic mass is 35.5. The number of carbonyl (C=O) groups excluding carboxylic acids is 1. The van der Waals surface area contributed by atoms with E-state index in [2.05, 4.69) is 35.1 Å². The SMILES string of the molecule is CSc1ncc(Cl)c(C(=O)NC2CCN(c3nccc(-c4ccc[nH]4)n3)C2)n1. The molecule has 3 aromatic rings. The van der Waals surface area contributed by atoms with Gasteiger partial charge in [-0.2, -0.15) is 0 Å². The molecule has 1 aliphatic heterocycles. The largest absolute Gasteiger partial charge is 0.360 e. The van der Waals surface area contributed by atoms with E-state index in [-0.39, 0.29) is 22.7 Å². The lowest BCUT2D eigenvalue weighted by molar-refractivity contribution is 0.0934. The highest BCUT2D eigenvalue weighted by Gasteiger charge is 2.27. The van der Waals surface area contributed by atoms with Gasteiger partial charge in [-0.3, -0.25) is 4.79 Å². The zero-order chi connectivity index (χ0) is 19.5. The monoisotopic (exact) mass is 415 g/mol. The van der Waals surface area contributed by atoms with Gasteiger partial charge < -0.3 is 15.2 Å². The predicted octanol–water partition coefficient (Wildman–Crippen LogP) is 2.65. The van der Waals surface area contributed by atoms with Crippen LogP contribution in [-0.2, 0) is 0 Å². The maximum atomic E-state index is 12.6. The second-order valence-corrected chi connectivity index (χ2v) is 7.46. The molecule has 28 heavy (non-hydrogen) atoms. The van der Waals surface area contributed by atoms with Crippen LogP contribution in [-0.4, -0.2) is 56.2 Å². The summed E-state index contributed by atoms with van der Waals surface area (Å²) >= 11 is 7.46. The van der Waals surface area contributed by atoms with E-state index in [1.165, 1.54) is 18.0 Å². The number of anilines is 1. The van der Waals surface area contributed by atoms with Gasteiger partial charge in [-0.25, -0.2) is 19.9 Å². The normalized spacial score (nSPS) is 16.4. The number of rotatable bonds is 5. The summed E-state index contributed by atoms with van der Waals surface area (Å²) < 4.78 is 0. The minimum atomic E-state index is -0.296. The number of H-pyrrole nitrogens is 1. The van der Waals surface area contributed by atoms with Crippen LogP contribution in [0.2, 0.25) is 5.02 Å². The van der Waals surface area contributed by atoms with Crippen LogP contribution in [0.5, 0.6) is 0 Å². The van der Waals surface area contributed by atoms with Crippen LogP contribution >= 0.6 is 23.4 Å². The van der Waals surface area contributed by atoms with Crippen molar-refractivity contribution in [3.63, 3.8) is 0 Å². The van der Waals surface area contributed by atoms with E-state index in [9.17, 15) is 4.79 Å². The number of carbonyl (C=O) groups is 1. The van der Waals surface area contributed by atoms with Crippen LogP contribution in [0.25, 0.3) is 11.4 Å². The van der Waals surface area contributed by atoms with Crippen LogP contribution in [0.15, 0.2) is 41.9 Å². The van der Waals surface area contributed by atoms with E-state index in [1.54, 1.807) is 6.20 Å². The Hall–Kier alpha value is -2.65. The summed E-state index contributed by atoms with van der Waals surface area (Å²) in [7, 11) is 0. The number of nitrogens with one attached hydrogen (secondary N) is 2. The third-order valence-electron chi connectivity index (χ3n) is 4.44. The van der Waals surface area contributed by atoms with Crippen LogP contribution in [0.4, 0.5) is 5.95 Å². The first kappa shape index (κ1) is 18.7. The maximum absolute atomic E-state index is 12.6. The van der Waals surface area contributed by atoms with Gasteiger partial charge in [0.05, 0.1) is 22.6 Å². The lowest BCUT2D eigenvalue weighted by Gasteiger charge is -2.17. The lowest BCUT2D eigenvalue weighted by atomic mass is 10.2. The van der Waals surface area contributed by atoms with Gasteiger partial charge in [-0.15, -0.1) is 0 Å². The van der Waals surface area contributed by atoms with Crippen molar-refractivity contribution < 1.29 is 4.79 Å². The molecule has 2 N–H and O–H groups in total. The molecule has 8 nitrogen and oxygen atoms in total. The molecule has 0 aromatic carbocycles. The quantitative estimate of drug-likeness (QED) is 0.488. The average Bonchev–Trinajstić information content (AvgIpc) is 3.41. The highest BCUT2D eigenvalue weighted by molar-refractivity contribution is 7.98. The molecular weight excluding hydrogens is 398 g/mol. The predicted molar refractivity (Wildman–Crippen MR) is 109 cm³/mol. The van der Waals surface area contributed by atoms with Gasteiger partial charge in [0, 0.05) is 31.5 Å². The molecule has 1 amide bonds. The molecule has 4 rings (SSSR count). The van der Waals surface area contributed by atoms with Gasteiger partial charge >= 0.3 is 0 Å². The number of aromatic nitrogens is 5. The topological polar surface area (TPSA) is 99.7 Å². The summed E-state index contributed by atoms with van der Waals surface area (Å²) in [6.07, 6.45) is 7.70. The molecule has 1 atom stereocenters. The molecular formula is C18H18ClN7OS. The molecule has 1 saturated heterocycles. The Bertz CT molecular complexity index is 982. The summed E-state index contributed by atoms with van der Waals surface area (Å²) in [6, 6.07) is 5.73. The molecule has 3 aromatic heterocycles. The number of thioether (sulfide) groups is 1. The fourth-order valence-electron chi connectivity index (χ4n) is 3.06. The fraction of sp³-hybridized carbons (Fsp3) is 0.278. The Morgan fingerprint density at radius 3 is 3.04 bits per heavy atom. The second-order valence-electron chi connectivity index (χ2n) is 6.28. The minimum Gasteiger partial charge on any atom is -0.360 e. The van der Waals surface area contributed by atoms with Gasteiger partial charge in [-0.05, 0) is 30.9 Å².